The van der Waals surface area contributed by atoms with E-state index in [4.69, 9.17) is 4.99 Å². The number of hydrogen-bond donors (Lipinski definition) is 2. The lowest BCUT2D eigenvalue weighted by molar-refractivity contribution is 0.0827. The van der Waals surface area contributed by atoms with Crippen molar-refractivity contribution in [3.05, 3.63) is 65.5 Å². The van der Waals surface area contributed by atoms with Gasteiger partial charge in [0.15, 0.2) is 5.96 Å². The third-order valence-corrected chi connectivity index (χ3v) is 4.89. The van der Waals surface area contributed by atoms with Crippen LogP contribution in [0.3, 0.4) is 0 Å². The third kappa shape index (κ3) is 6.43. The van der Waals surface area contributed by atoms with Crippen LogP contribution in [0.5, 0.6) is 0 Å². The van der Waals surface area contributed by atoms with Gasteiger partial charge >= 0.3 is 0 Å². The van der Waals surface area contributed by atoms with Gasteiger partial charge in [-0.05, 0) is 43.2 Å². The van der Waals surface area contributed by atoms with Gasteiger partial charge in [0.2, 0.25) is 0 Å². The van der Waals surface area contributed by atoms with Crippen LogP contribution in [0, 0.1) is 0 Å². The Morgan fingerprint density at radius 1 is 1.13 bits per heavy atom. The zero-order valence-electron chi connectivity index (χ0n) is 18.6. The molecule has 31 heavy (non-hydrogen) atoms. The van der Waals surface area contributed by atoms with E-state index in [1.807, 2.05) is 56.4 Å². The minimum absolute atomic E-state index is 0. The molecular formula is C23H31IN6O. The molecule has 0 aliphatic rings. The molecule has 1 amide bonds. The number of hydrogen-bond acceptors (Lipinski definition) is 3. The maximum absolute atomic E-state index is 12.1. The Morgan fingerprint density at radius 3 is 2.61 bits per heavy atom. The summed E-state index contributed by atoms with van der Waals surface area (Å²) in [5.74, 6) is 1.69. The van der Waals surface area contributed by atoms with Crippen molar-refractivity contribution in [2.45, 2.75) is 19.9 Å². The summed E-state index contributed by atoms with van der Waals surface area (Å²) in [7, 11) is 5.54. The lowest BCUT2D eigenvalue weighted by Gasteiger charge is -2.13. The van der Waals surface area contributed by atoms with Crippen LogP contribution in [0.15, 0.2) is 53.5 Å². The Kier molecular flexibility index (Phi) is 9.29. The molecule has 0 aliphatic carbocycles. The molecule has 1 aromatic heterocycles. The number of aliphatic imine (C=N–C) groups is 1. The van der Waals surface area contributed by atoms with Gasteiger partial charge in [-0.2, -0.15) is 0 Å². The summed E-state index contributed by atoms with van der Waals surface area (Å²) >= 11 is 0. The first-order valence-electron chi connectivity index (χ1n) is 10.2. The van der Waals surface area contributed by atoms with E-state index in [-0.39, 0.29) is 29.9 Å². The molecule has 166 valence electrons. The molecule has 0 saturated carbocycles. The van der Waals surface area contributed by atoms with E-state index in [1.165, 1.54) is 0 Å². The number of rotatable bonds is 7. The second-order valence-corrected chi connectivity index (χ2v) is 7.35. The maximum atomic E-state index is 12.1. The first-order valence-corrected chi connectivity index (χ1v) is 10.2. The van der Waals surface area contributed by atoms with E-state index in [2.05, 4.69) is 26.3 Å². The molecule has 3 rings (SSSR count). The average molecular weight is 534 g/mol. The minimum Gasteiger partial charge on any atom is -0.357 e. The largest absolute Gasteiger partial charge is 0.357 e. The Bertz CT molecular complexity index is 1040. The number of amides is 1. The van der Waals surface area contributed by atoms with Crippen molar-refractivity contribution in [1.82, 2.24) is 25.1 Å². The zero-order valence-corrected chi connectivity index (χ0v) is 20.9. The Morgan fingerprint density at radius 2 is 1.90 bits per heavy atom. The fourth-order valence-corrected chi connectivity index (χ4v) is 3.27. The molecule has 3 aromatic rings. The summed E-state index contributed by atoms with van der Waals surface area (Å²) in [6, 6.07) is 15.9. The van der Waals surface area contributed by atoms with Gasteiger partial charge in [-0.25, -0.2) is 9.98 Å². The molecular weight excluding hydrogens is 503 g/mol. The van der Waals surface area contributed by atoms with Crippen molar-refractivity contribution in [1.29, 1.82) is 0 Å². The van der Waals surface area contributed by atoms with Crippen LogP contribution < -0.4 is 10.6 Å². The van der Waals surface area contributed by atoms with Crippen molar-refractivity contribution in [2.24, 2.45) is 12.0 Å². The molecule has 2 N–H and O–H groups in total. The minimum atomic E-state index is 0. The van der Waals surface area contributed by atoms with Gasteiger partial charge in [-0.3, -0.25) is 4.79 Å². The van der Waals surface area contributed by atoms with E-state index in [0.717, 1.165) is 41.3 Å². The van der Waals surface area contributed by atoms with Gasteiger partial charge in [-0.1, -0.05) is 24.3 Å². The highest BCUT2D eigenvalue weighted by Gasteiger charge is 2.09. The highest BCUT2D eigenvalue weighted by Crippen LogP contribution is 2.14. The van der Waals surface area contributed by atoms with E-state index < -0.39 is 0 Å². The lowest BCUT2D eigenvalue weighted by Crippen LogP contribution is -2.38. The summed E-state index contributed by atoms with van der Waals surface area (Å²) in [6.45, 7) is 4.03. The summed E-state index contributed by atoms with van der Waals surface area (Å²) < 4.78 is 2.08. The molecule has 0 spiro atoms. The number of carbonyl (C=O) groups excluding carboxylic acids is 1. The SMILES string of the molecule is CCNC(=NCc1nc2ccccc2n1C)NCCc1cccc(C(=O)N(C)C)c1.I. The number of guanidine groups is 1. The smallest absolute Gasteiger partial charge is 0.253 e. The topological polar surface area (TPSA) is 74.5 Å². The normalized spacial score (nSPS) is 11.2. The van der Waals surface area contributed by atoms with E-state index in [1.54, 1.807) is 19.0 Å². The van der Waals surface area contributed by atoms with E-state index in [0.29, 0.717) is 18.7 Å². The average Bonchev–Trinajstić information content (AvgIpc) is 3.07. The molecule has 0 radical (unpaired) electrons. The van der Waals surface area contributed by atoms with Gasteiger partial charge < -0.3 is 20.1 Å². The molecule has 0 bridgehead atoms. The Hall–Kier alpha value is -2.62. The Balaban J connectivity index is 0.00000341. The molecule has 1 heterocycles. The van der Waals surface area contributed by atoms with E-state index in [9.17, 15) is 4.79 Å². The molecule has 0 aliphatic heterocycles. The summed E-state index contributed by atoms with van der Waals surface area (Å²) in [6.07, 6.45) is 0.797. The summed E-state index contributed by atoms with van der Waals surface area (Å²) in [4.78, 5) is 23.1. The fraction of sp³-hybridized carbons (Fsp3) is 0.348. The number of nitrogens with zero attached hydrogens (tertiary/aromatic N) is 4. The highest BCUT2D eigenvalue weighted by atomic mass is 127. The third-order valence-electron chi connectivity index (χ3n) is 4.89. The van der Waals surface area contributed by atoms with Crippen LogP contribution in [-0.4, -0.2) is 53.5 Å². The molecule has 7 nitrogen and oxygen atoms in total. The molecule has 2 aromatic carbocycles. The van der Waals surface area contributed by atoms with Crippen molar-refractivity contribution >= 4 is 46.9 Å². The number of nitrogens with one attached hydrogen (secondary N) is 2. The quantitative estimate of drug-likeness (QED) is 0.278. The predicted molar refractivity (Wildman–Crippen MR) is 137 cm³/mol. The van der Waals surface area contributed by atoms with Crippen LogP contribution in [0.1, 0.15) is 28.7 Å². The number of halogens is 1. The number of aromatic nitrogens is 2. The second-order valence-electron chi connectivity index (χ2n) is 7.35. The molecule has 0 fully saturated rings. The van der Waals surface area contributed by atoms with E-state index >= 15 is 0 Å². The summed E-state index contributed by atoms with van der Waals surface area (Å²) in [5.41, 5.74) is 3.91. The monoisotopic (exact) mass is 534 g/mol. The number of carbonyl (C=O) groups is 1. The van der Waals surface area contributed by atoms with Crippen LogP contribution in [0.2, 0.25) is 0 Å². The molecule has 0 unspecified atom stereocenters. The standard InChI is InChI=1S/C23H30N6O.HI/c1-5-24-23(26-16-21-27-19-11-6-7-12-20(19)29(21)4)25-14-13-17-9-8-10-18(15-17)22(30)28(2)3;/h6-12,15H,5,13-14,16H2,1-4H3,(H2,24,25,26);1H. The van der Waals surface area contributed by atoms with Crippen molar-refractivity contribution in [3.63, 3.8) is 0 Å². The number of aryl methyl sites for hydroxylation is 1. The van der Waals surface area contributed by atoms with Crippen LogP contribution >= 0.6 is 24.0 Å². The fourth-order valence-electron chi connectivity index (χ4n) is 3.27. The summed E-state index contributed by atoms with van der Waals surface area (Å²) in [5, 5.41) is 6.65. The highest BCUT2D eigenvalue weighted by molar-refractivity contribution is 14.0. The lowest BCUT2D eigenvalue weighted by atomic mass is 10.1. The second kappa shape index (κ2) is 11.7. The van der Waals surface area contributed by atoms with Crippen LogP contribution in [0.25, 0.3) is 11.0 Å². The number of benzene rings is 2. The molecule has 0 atom stereocenters. The first kappa shape index (κ1) is 24.6. The predicted octanol–water partition coefficient (Wildman–Crippen LogP) is 3.19. The Labute approximate surface area is 201 Å². The van der Waals surface area contributed by atoms with Gasteiger partial charge in [0.05, 0.1) is 11.0 Å². The van der Waals surface area contributed by atoms with Crippen LogP contribution in [-0.2, 0) is 20.0 Å². The zero-order chi connectivity index (χ0) is 21.5. The van der Waals surface area contributed by atoms with Crippen LogP contribution in [0.4, 0.5) is 0 Å². The first-order chi connectivity index (χ1) is 14.5. The van der Waals surface area contributed by atoms with Crippen molar-refractivity contribution in [3.8, 4) is 0 Å². The van der Waals surface area contributed by atoms with Gasteiger partial charge in [0.25, 0.3) is 5.91 Å². The maximum Gasteiger partial charge on any atom is 0.253 e. The van der Waals surface area contributed by atoms with Gasteiger partial charge in [-0.15, -0.1) is 24.0 Å². The van der Waals surface area contributed by atoms with Gasteiger partial charge in [0.1, 0.15) is 12.4 Å². The van der Waals surface area contributed by atoms with Crippen molar-refractivity contribution in [2.75, 3.05) is 27.2 Å². The number of imidazole rings is 1. The number of fused-ring (bicyclic) bond motifs is 1. The molecule has 8 heteroatoms. The molecule has 0 saturated heterocycles. The van der Waals surface area contributed by atoms with Gasteiger partial charge in [0, 0.05) is 39.8 Å². The number of para-hydroxylation sites is 2. The van der Waals surface area contributed by atoms with Crippen molar-refractivity contribution < 1.29 is 4.79 Å².